The third-order valence-corrected chi connectivity index (χ3v) is 2.69. The van der Waals surface area contributed by atoms with Crippen LogP contribution in [0.25, 0.3) is 0 Å². The molecule has 0 amide bonds. The van der Waals surface area contributed by atoms with Gasteiger partial charge in [0.1, 0.15) is 5.82 Å². The molecule has 11 heavy (non-hydrogen) atoms. The lowest BCUT2D eigenvalue weighted by molar-refractivity contribution is -0.289. The van der Waals surface area contributed by atoms with Crippen LogP contribution in [-0.4, -0.2) is 0 Å². The van der Waals surface area contributed by atoms with Gasteiger partial charge in [-0.1, -0.05) is 18.2 Å². The molecule has 0 radical (unpaired) electrons. The molecular formula is C6H4FO2PS-2. The lowest BCUT2D eigenvalue weighted by atomic mass is 10.3. The minimum absolute atomic E-state index is 0.407. The van der Waals surface area contributed by atoms with E-state index in [-0.39, 0.29) is 0 Å². The number of hydrogen-bond donors (Lipinski definition) is 0. The van der Waals surface area contributed by atoms with Crippen molar-refractivity contribution >= 4 is 23.6 Å². The second kappa shape index (κ2) is 2.99. The van der Waals surface area contributed by atoms with Crippen molar-refractivity contribution in [3.63, 3.8) is 0 Å². The molecule has 5 heteroatoms. The first-order chi connectivity index (χ1) is 5.02. The van der Waals surface area contributed by atoms with E-state index in [9.17, 15) is 14.2 Å². The number of rotatable bonds is 1. The first-order valence-corrected chi connectivity index (χ1v) is 5.43. The van der Waals surface area contributed by atoms with Gasteiger partial charge in [-0.25, -0.2) is 4.39 Å². The lowest BCUT2D eigenvalue weighted by Crippen LogP contribution is -2.26. The van der Waals surface area contributed by atoms with Crippen LogP contribution in [0.4, 0.5) is 4.39 Å². The summed E-state index contributed by atoms with van der Waals surface area (Å²) in [4.78, 5) is 21.3. The highest BCUT2D eigenvalue weighted by Crippen LogP contribution is 2.23. The standard InChI is InChI=1S/C6H6FO2PS/c7-5-3-1-2-4-6(5)10(8,9)11/h1-4H,(H2,8,9,11)/p-2. The summed E-state index contributed by atoms with van der Waals surface area (Å²) in [6.07, 6.45) is 0. The molecule has 0 spiro atoms. The van der Waals surface area contributed by atoms with Gasteiger partial charge < -0.3 is 9.79 Å². The predicted octanol–water partition coefficient (Wildman–Crippen LogP) is -0.519. The van der Waals surface area contributed by atoms with Crippen molar-refractivity contribution in [3.05, 3.63) is 30.1 Å². The Labute approximate surface area is 68.5 Å². The van der Waals surface area contributed by atoms with Crippen molar-refractivity contribution in [1.82, 2.24) is 0 Å². The minimum atomic E-state index is -4.10. The van der Waals surface area contributed by atoms with Gasteiger partial charge in [0.2, 0.25) is 0 Å². The zero-order chi connectivity index (χ0) is 8.48. The Balaban J connectivity index is 3.25. The van der Waals surface area contributed by atoms with Gasteiger partial charge in [-0.15, -0.1) is 11.8 Å². The SMILES string of the molecule is [O-]P([O-])(=S)c1ccccc1F. The van der Waals surface area contributed by atoms with E-state index in [0.29, 0.717) is 0 Å². The summed E-state index contributed by atoms with van der Waals surface area (Å²) in [5, 5.41) is -0.407. The summed E-state index contributed by atoms with van der Waals surface area (Å²) in [6, 6.07) is 5.04. The Bertz CT molecular complexity index is 309. The van der Waals surface area contributed by atoms with Crippen molar-refractivity contribution in [3.8, 4) is 0 Å². The van der Waals surface area contributed by atoms with E-state index >= 15 is 0 Å². The molecule has 0 saturated heterocycles. The fourth-order valence-electron chi connectivity index (χ4n) is 0.674. The molecule has 0 atom stereocenters. The van der Waals surface area contributed by atoms with Crippen LogP contribution >= 0.6 is 6.49 Å². The van der Waals surface area contributed by atoms with Crippen molar-refractivity contribution < 1.29 is 14.2 Å². The van der Waals surface area contributed by atoms with Crippen LogP contribution in [0.3, 0.4) is 0 Å². The summed E-state index contributed by atoms with van der Waals surface area (Å²) in [5.74, 6) is -0.791. The van der Waals surface area contributed by atoms with Gasteiger partial charge in [0, 0.05) is 0 Å². The van der Waals surface area contributed by atoms with E-state index in [1.807, 2.05) is 0 Å². The molecule has 0 aliphatic heterocycles. The Morgan fingerprint density at radius 2 is 1.82 bits per heavy atom. The Kier molecular flexibility index (Phi) is 2.40. The molecule has 1 aromatic carbocycles. The smallest absolute Gasteiger partial charge is 0.129 e. The normalized spacial score (nSPS) is 11.5. The second-order valence-electron chi connectivity index (χ2n) is 1.95. The van der Waals surface area contributed by atoms with E-state index < -0.39 is 17.6 Å². The topological polar surface area (TPSA) is 46.1 Å². The molecule has 1 rings (SSSR count). The van der Waals surface area contributed by atoms with E-state index in [1.165, 1.54) is 12.1 Å². The highest BCUT2D eigenvalue weighted by Gasteiger charge is 1.98. The molecule has 0 unspecified atom stereocenters. The molecule has 0 saturated carbocycles. The minimum Gasteiger partial charge on any atom is -0.829 e. The molecule has 1 aromatic rings. The van der Waals surface area contributed by atoms with Crippen molar-refractivity contribution in [1.29, 1.82) is 0 Å². The van der Waals surface area contributed by atoms with E-state index in [1.54, 1.807) is 0 Å². The Hall–Kier alpha value is -0.280. The molecular weight excluding hydrogens is 186 g/mol. The number of halogens is 1. The van der Waals surface area contributed by atoms with Crippen molar-refractivity contribution in [2.45, 2.75) is 0 Å². The summed E-state index contributed by atoms with van der Waals surface area (Å²) in [7, 11) is 0. The van der Waals surface area contributed by atoms with Crippen LogP contribution in [0.2, 0.25) is 0 Å². The zero-order valence-electron chi connectivity index (χ0n) is 5.36. The lowest BCUT2D eigenvalue weighted by Gasteiger charge is -2.35. The second-order valence-corrected chi connectivity index (χ2v) is 4.87. The molecule has 2 nitrogen and oxygen atoms in total. The molecule has 0 aliphatic carbocycles. The van der Waals surface area contributed by atoms with Crippen LogP contribution in [0.1, 0.15) is 0 Å². The average Bonchev–Trinajstić information content (AvgIpc) is 1.86. The number of hydrogen-bond acceptors (Lipinski definition) is 3. The summed E-state index contributed by atoms with van der Waals surface area (Å²) in [6.45, 7) is -4.10. The van der Waals surface area contributed by atoms with Gasteiger partial charge in [0.15, 0.2) is 0 Å². The fourth-order valence-corrected chi connectivity index (χ4v) is 1.72. The molecule has 0 bridgehead atoms. The fraction of sp³-hybridized carbons (Fsp3) is 0. The summed E-state index contributed by atoms with van der Waals surface area (Å²) < 4.78 is 12.6. The molecule has 0 aliphatic rings. The maximum Gasteiger partial charge on any atom is 0.129 e. The van der Waals surface area contributed by atoms with Gasteiger partial charge in [-0.3, -0.25) is 0 Å². The molecule has 0 N–H and O–H groups in total. The predicted molar refractivity (Wildman–Crippen MR) is 40.3 cm³/mol. The van der Waals surface area contributed by atoms with Crippen LogP contribution in [0.5, 0.6) is 0 Å². The zero-order valence-corrected chi connectivity index (χ0v) is 7.07. The largest absolute Gasteiger partial charge is 0.829 e. The van der Waals surface area contributed by atoms with Crippen LogP contribution in [0, 0.1) is 5.82 Å². The van der Waals surface area contributed by atoms with Gasteiger partial charge in [-0.05, 0) is 11.4 Å². The number of benzene rings is 1. The quantitative estimate of drug-likeness (QED) is 0.560. The van der Waals surface area contributed by atoms with E-state index in [2.05, 4.69) is 11.8 Å². The van der Waals surface area contributed by atoms with Gasteiger partial charge >= 0.3 is 0 Å². The monoisotopic (exact) mass is 190 g/mol. The van der Waals surface area contributed by atoms with Gasteiger partial charge in [-0.2, -0.15) is 6.49 Å². The Morgan fingerprint density at radius 1 is 1.27 bits per heavy atom. The van der Waals surface area contributed by atoms with Gasteiger partial charge in [0.25, 0.3) is 0 Å². The van der Waals surface area contributed by atoms with E-state index in [4.69, 9.17) is 0 Å². The van der Waals surface area contributed by atoms with Crippen LogP contribution in [-0.2, 0) is 11.8 Å². The Morgan fingerprint density at radius 3 is 2.18 bits per heavy atom. The average molecular weight is 190 g/mol. The first-order valence-electron chi connectivity index (χ1n) is 2.79. The summed E-state index contributed by atoms with van der Waals surface area (Å²) >= 11 is 4.10. The highest BCUT2D eigenvalue weighted by atomic mass is 32.5. The maximum absolute atomic E-state index is 12.6. The summed E-state index contributed by atoms with van der Waals surface area (Å²) in [5.41, 5.74) is 0. The molecule has 0 fully saturated rings. The highest BCUT2D eigenvalue weighted by molar-refractivity contribution is 8.11. The van der Waals surface area contributed by atoms with Gasteiger partial charge in [0.05, 0.1) is 0 Å². The van der Waals surface area contributed by atoms with E-state index in [0.717, 1.165) is 12.1 Å². The molecule has 60 valence electrons. The van der Waals surface area contributed by atoms with Crippen LogP contribution in [0.15, 0.2) is 24.3 Å². The van der Waals surface area contributed by atoms with Crippen molar-refractivity contribution in [2.75, 3.05) is 0 Å². The first kappa shape index (κ1) is 8.81. The third kappa shape index (κ3) is 2.07. The third-order valence-electron chi connectivity index (χ3n) is 1.15. The molecule has 0 aromatic heterocycles. The van der Waals surface area contributed by atoms with Crippen molar-refractivity contribution in [2.24, 2.45) is 0 Å². The van der Waals surface area contributed by atoms with Crippen LogP contribution < -0.4 is 15.1 Å². The maximum atomic E-state index is 12.6. The molecule has 0 heterocycles.